The summed E-state index contributed by atoms with van der Waals surface area (Å²) in [6, 6.07) is 0. The maximum Gasteiger partial charge on any atom is 3.00 e. The van der Waals surface area contributed by atoms with E-state index in [0.29, 0.717) is 0 Å². The van der Waals surface area contributed by atoms with Gasteiger partial charge in [0.15, 0.2) is 0 Å². The number of hydrogen-bond acceptors (Lipinski definition) is 0. The van der Waals surface area contributed by atoms with Crippen LogP contribution in [-0.4, -0.2) is 0 Å². The van der Waals surface area contributed by atoms with Crippen molar-refractivity contribution in [2.45, 2.75) is 0 Å². The van der Waals surface area contributed by atoms with Crippen molar-refractivity contribution in [3.8, 4) is 28.5 Å². The van der Waals surface area contributed by atoms with Crippen LogP contribution in [0.4, 0.5) is 0 Å². The van der Waals surface area contributed by atoms with Crippen molar-refractivity contribution in [1.82, 2.24) is 0 Å². The molecular weight excluding hydrogens is 241 g/mol. The minimum absolute atomic E-state index is 0. The fourth-order valence-corrected chi connectivity index (χ4v) is 0.185. The molecule has 0 rings (SSSR count). The van der Waals surface area contributed by atoms with E-state index in [4.69, 9.17) is 6.42 Å². The van der Waals surface area contributed by atoms with Crippen molar-refractivity contribution >= 4 is 15.9 Å². The third kappa shape index (κ3) is 9.55. The largest absolute Gasteiger partial charge is 3.00 e. The molecule has 0 heterocycles. The van der Waals surface area contributed by atoms with E-state index in [0.717, 1.165) is 0 Å². The Labute approximate surface area is 82.8 Å². The van der Waals surface area contributed by atoms with E-state index in [1.165, 1.54) is 0 Å². The maximum atomic E-state index is 6.27. The molecule has 0 amide bonds. The Kier molecular flexibility index (Phi) is 14.3. The monoisotopic (exact) mass is 240 g/mol. The first-order valence-electron chi connectivity index (χ1n) is 1.44. The second kappa shape index (κ2) is 10.3. The van der Waals surface area contributed by atoms with Gasteiger partial charge in [0.2, 0.25) is 0 Å². The smallest absolute Gasteiger partial charge is 0.358 e. The van der Waals surface area contributed by atoms with Crippen molar-refractivity contribution in [1.29, 1.82) is 0 Å². The summed E-state index contributed by atoms with van der Waals surface area (Å²) >= 11 is 2.83. The molecular formula is C6BrY+2. The topological polar surface area (TPSA) is 0 Å². The summed E-state index contributed by atoms with van der Waals surface area (Å²) in [4.78, 5) is 2.37. The summed E-state index contributed by atoms with van der Waals surface area (Å²) < 4.78 is 0. The van der Waals surface area contributed by atoms with Gasteiger partial charge in [0.05, 0.1) is 0 Å². The zero-order chi connectivity index (χ0) is 5.54. The third-order valence-electron chi connectivity index (χ3n) is 0.235. The number of rotatable bonds is 0. The Bertz CT molecular complexity index is 191. The molecule has 0 unspecified atom stereocenters. The van der Waals surface area contributed by atoms with Crippen LogP contribution in [0, 0.1) is 34.9 Å². The van der Waals surface area contributed by atoms with Crippen molar-refractivity contribution in [3.05, 3.63) is 6.42 Å². The van der Waals surface area contributed by atoms with Gasteiger partial charge >= 0.3 is 32.7 Å². The normalized spacial score (nSPS) is 3.00. The first-order valence-corrected chi connectivity index (χ1v) is 2.23. The maximum absolute atomic E-state index is 6.27. The average molecular weight is 241 g/mol. The Morgan fingerprint density at radius 3 is 2.12 bits per heavy atom. The summed E-state index contributed by atoms with van der Waals surface area (Å²) in [6.07, 6.45) is 6.27. The zero-order valence-corrected chi connectivity index (χ0v) is 8.38. The SMILES string of the molecule is [C-]#CC#CC#CBr.[Y+3]. The van der Waals surface area contributed by atoms with Gasteiger partial charge in [-0.2, -0.15) is 0 Å². The Balaban J connectivity index is 0. The van der Waals surface area contributed by atoms with E-state index >= 15 is 0 Å². The second-order valence-electron chi connectivity index (χ2n) is 0.594. The van der Waals surface area contributed by atoms with Crippen LogP contribution >= 0.6 is 15.9 Å². The molecule has 0 atom stereocenters. The van der Waals surface area contributed by atoms with Crippen LogP contribution in [0.3, 0.4) is 0 Å². The van der Waals surface area contributed by atoms with Gasteiger partial charge in [-0.3, -0.25) is 5.92 Å². The molecule has 0 aliphatic carbocycles. The van der Waals surface area contributed by atoms with E-state index in [2.05, 4.69) is 38.5 Å². The number of hydrogen-bond donors (Lipinski definition) is 0. The Morgan fingerprint density at radius 2 is 1.75 bits per heavy atom. The van der Waals surface area contributed by atoms with E-state index in [-0.39, 0.29) is 32.7 Å². The molecule has 0 aromatic carbocycles. The van der Waals surface area contributed by atoms with E-state index in [1.54, 1.807) is 0 Å². The molecule has 0 spiro atoms. The summed E-state index contributed by atoms with van der Waals surface area (Å²) in [7, 11) is 0. The van der Waals surface area contributed by atoms with E-state index in [1.807, 2.05) is 5.92 Å². The average Bonchev–Trinajstić information content (AvgIpc) is 1.69. The molecule has 0 aromatic rings. The van der Waals surface area contributed by atoms with Gasteiger partial charge < -0.3 is 6.42 Å². The molecule has 0 aromatic heterocycles. The summed E-state index contributed by atoms with van der Waals surface area (Å²) in [6.45, 7) is 0. The fraction of sp³-hybridized carbons (Fsp3) is 0. The van der Waals surface area contributed by atoms with E-state index < -0.39 is 0 Å². The predicted molar refractivity (Wildman–Crippen MR) is 31.6 cm³/mol. The molecule has 0 N–H and O–H groups in total. The van der Waals surface area contributed by atoms with Crippen molar-refractivity contribution < 1.29 is 32.7 Å². The molecule has 32 valence electrons. The fourth-order valence-electron chi connectivity index (χ4n) is 0.0861. The first kappa shape index (κ1) is 11.1. The van der Waals surface area contributed by atoms with Crippen molar-refractivity contribution in [3.63, 3.8) is 0 Å². The minimum Gasteiger partial charge on any atom is -0.358 e. The molecule has 0 aliphatic rings. The molecule has 0 nitrogen and oxygen atoms in total. The van der Waals surface area contributed by atoms with Gasteiger partial charge in [-0.15, -0.1) is 5.92 Å². The molecule has 0 bridgehead atoms. The van der Waals surface area contributed by atoms with Crippen LogP contribution in [0.15, 0.2) is 0 Å². The second-order valence-corrected chi connectivity index (χ2v) is 0.991. The van der Waals surface area contributed by atoms with Crippen molar-refractivity contribution in [2.75, 3.05) is 0 Å². The van der Waals surface area contributed by atoms with E-state index in [9.17, 15) is 0 Å². The van der Waals surface area contributed by atoms with Gasteiger partial charge in [-0.25, -0.2) is 5.92 Å². The van der Waals surface area contributed by atoms with Crippen LogP contribution in [0.2, 0.25) is 0 Å². The molecule has 0 aliphatic heterocycles. The van der Waals surface area contributed by atoms with Gasteiger partial charge in [-0.05, 0) is 10.8 Å². The zero-order valence-electron chi connectivity index (χ0n) is 3.96. The minimum atomic E-state index is 0. The summed E-state index contributed by atoms with van der Waals surface area (Å²) in [5, 5.41) is 0. The quantitative estimate of drug-likeness (QED) is 0.437. The molecule has 8 heavy (non-hydrogen) atoms. The van der Waals surface area contributed by atoms with Crippen LogP contribution in [0.25, 0.3) is 0 Å². The molecule has 0 radical (unpaired) electrons. The number of halogens is 1. The van der Waals surface area contributed by atoms with Gasteiger partial charge in [0.1, 0.15) is 0 Å². The van der Waals surface area contributed by atoms with Gasteiger partial charge in [0, 0.05) is 15.9 Å². The van der Waals surface area contributed by atoms with Gasteiger partial charge in [0.25, 0.3) is 0 Å². The van der Waals surface area contributed by atoms with Crippen LogP contribution in [-0.2, 0) is 32.7 Å². The molecule has 0 saturated heterocycles. The van der Waals surface area contributed by atoms with Crippen LogP contribution in [0.5, 0.6) is 0 Å². The third-order valence-corrected chi connectivity index (χ3v) is 0.433. The summed E-state index contributed by atoms with van der Waals surface area (Å²) in [5.41, 5.74) is 0. The van der Waals surface area contributed by atoms with Gasteiger partial charge in [-0.1, -0.05) is 0 Å². The molecule has 0 fully saturated rings. The Hall–Kier alpha value is 0.264. The molecule has 2 heteroatoms. The predicted octanol–water partition coefficient (Wildman–Crippen LogP) is 0.933. The van der Waals surface area contributed by atoms with Crippen LogP contribution < -0.4 is 0 Å². The first-order chi connectivity index (χ1) is 3.41. The van der Waals surface area contributed by atoms with Crippen LogP contribution in [0.1, 0.15) is 0 Å². The Morgan fingerprint density at radius 1 is 1.12 bits per heavy atom. The summed E-state index contributed by atoms with van der Waals surface area (Å²) in [5.74, 6) is 8.78. The standard InChI is InChI=1S/C6Br.Y/c1-2-3-4-5-6-7;/q-1;+3. The molecule has 0 saturated carbocycles. The van der Waals surface area contributed by atoms with Crippen molar-refractivity contribution in [2.24, 2.45) is 0 Å².